The van der Waals surface area contributed by atoms with Crippen LogP contribution in [0.3, 0.4) is 0 Å². The molecule has 1 aliphatic heterocycles. The molecule has 0 spiro atoms. The van der Waals surface area contributed by atoms with Crippen LogP contribution >= 0.6 is 0 Å². The highest BCUT2D eigenvalue weighted by Gasteiger charge is 2.37. The van der Waals surface area contributed by atoms with Gasteiger partial charge in [-0.2, -0.15) is 0 Å². The van der Waals surface area contributed by atoms with Gasteiger partial charge in [0.1, 0.15) is 0 Å². The minimum absolute atomic E-state index is 0.262. The molecule has 3 heteroatoms. The van der Waals surface area contributed by atoms with Gasteiger partial charge in [-0.3, -0.25) is 0 Å². The quantitative estimate of drug-likeness (QED) is 0.868. The van der Waals surface area contributed by atoms with E-state index in [0.717, 1.165) is 25.1 Å². The molecule has 100 valence electrons. The fourth-order valence-corrected chi connectivity index (χ4v) is 2.94. The van der Waals surface area contributed by atoms with E-state index in [9.17, 15) is 4.39 Å². The Labute approximate surface area is 109 Å². The Morgan fingerprint density at radius 2 is 2.11 bits per heavy atom. The van der Waals surface area contributed by atoms with E-state index in [0.29, 0.717) is 17.1 Å². The summed E-state index contributed by atoms with van der Waals surface area (Å²) >= 11 is 0. The van der Waals surface area contributed by atoms with Gasteiger partial charge in [-0.1, -0.05) is 19.9 Å². The molecule has 0 atom stereocenters. The van der Waals surface area contributed by atoms with Crippen molar-refractivity contribution in [2.75, 3.05) is 20.2 Å². The molecular weight excluding hydrogens is 229 g/mol. The van der Waals surface area contributed by atoms with Crippen molar-refractivity contribution < 1.29 is 9.13 Å². The van der Waals surface area contributed by atoms with Gasteiger partial charge in [0.05, 0.1) is 7.11 Å². The van der Waals surface area contributed by atoms with Gasteiger partial charge in [-0.15, -0.1) is 0 Å². The lowest BCUT2D eigenvalue weighted by Gasteiger charge is -2.44. The predicted molar refractivity (Wildman–Crippen MR) is 71.4 cm³/mol. The molecule has 1 aromatic rings. The number of hydrogen-bond donors (Lipinski definition) is 1. The molecule has 1 heterocycles. The Morgan fingerprint density at radius 3 is 2.56 bits per heavy atom. The van der Waals surface area contributed by atoms with Crippen LogP contribution in [0.1, 0.15) is 25.8 Å². The van der Waals surface area contributed by atoms with Crippen LogP contribution in [0.4, 0.5) is 4.39 Å². The highest BCUT2D eigenvalue weighted by atomic mass is 19.1. The van der Waals surface area contributed by atoms with Gasteiger partial charge in [0.15, 0.2) is 11.6 Å². The zero-order valence-corrected chi connectivity index (χ0v) is 11.4. The summed E-state index contributed by atoms with van der Waals surface area (Å²) in [5.74, 6) is 0.737. The number of benzene rings is 1. The second-order valence-electron chi connectivity index (χ2n) is 5.85. The van der Waals surface area contributed by atoms with Crippen molar-refractivity contribution in [2.45, 2.75) is 26.7 Å². The Bertz CT molecular complexity index is 413. The van der Waals surface area contributed by atoms with Crippen molar-refractivity contribution in [2.24, 2.45) is 11.3 Å². The van der Waals surface area contributed by atoms with E-state index in [1.807, 2.05) is 6.07 Å². The number of methoxy groups -OCH3 is 1. The van der Waals surface area contributed by atoms with Crippen molar-refractivity contribution >= 4 is 0 Å². The highest BCUT2D eigenvalue weighted by Crippen LogP contribution is 2.35. The number of halogens is 1. The maximum atomic E-state index is 13.7. The largest absolute Gasteiger partial charge is 0.494 e. The number of hydrogen-bond acceptors (Lipinski definition) is 2. The first-order valence-corrected chi connectivity index (χ1v) is 6.58. The monoisotopic (exact) mass is 251 g/mol. The molecule has 0 saturated carbocycles. The Hall–Kier alpha value is -1.09. The van der Waals surface area contributed by atoms with E-state index in [-0.39, 0.29) is 5.82 Å². The molecule has 1 fully saturated rings. The summed E-state index contributed by atoms with van der Waals surface area (Å²) in [6, 6.07) is 5.31. The first-order valence-electron chi connectivity index (χ1n) is 6.58. The van der Waals surface area contributed by atoms with Crippen molar-refractivity contribution in [1.29, 1.82) is 0 Å². The maximum absolute atomic E-state index is 13.7. The van der Waals surface area contributed by atoms with Crippen LogP contribution < -0.4 is 10.1 Å². The predicted octanol–water partition coefficient (Wildman–Crippen LogP) is 3.01. The third-order valence-electron chi connectivity index (χ3n) is 3.64. The third kappa shape index (κ3) is 2.83. The summed E-state index contributed by atoms with van der Waals surface area (Å²) < 4.78 is 18.6. The summed E-state index contributed by atoms with van der Waals surface area (Å²) in [5.41, 5.74) is 1.38. The zero-order valence-electron chi connectivity index (χ0n) is 11.4. The Balaban J connectivity index is 2.10. The molecule has 1 saturated heterocycles. The van der Waals surface area contributed by atoms with Crippen LogP contribution in [0.25, 0.3) is 0 Å². The topological polar surface area (TPSA) is 21.3 Å². The number of ether oxygens (including phenoxy) is 1. The zero-order chi connectivity index (χ0) is 13.2. The van der Waals surface area contributed by atoms with E-state index in [4.69, 9.17) is 4.74 Å². The fraction of sp³-hybridized carbons (Fsp3) is 0.600. The molecule has 0 aromatic heterocycles. The molecule has 2 rings (SSSR count). The van der Waals surface area contributed by atoms with E-state index in [1.165, 1.54) is 13.5 Å². The van der Waals surface area contributed by atoms with Gasteiger partial charge in [0.2, 0.25) is 0 Å². The summed E-state index contributed by atoms with van der Waals surface area (Å²) in [4.78, 5) is 0. The lowest BCUT2D eigenvalue weighted by molar-refractivity contribution is 0.131. The molecule has 0 aliphatic carbocycles. The molecular formula is C15H22FNO. The van der Waals surface area contributed by atoms with E-state index in [2.05, 4.69) is 19.2 Å². The van der Waals surface area contributed by atoms with Crippen LogP contribution in [0.2, 0.25) is 0 Å². The average molecular weight is 251 g/mol. The van der Waals surface area contributed by atoms with E-state index in [1.54, 1.807) is 12.1 Å². The maximum Gasteiger partial charge on any atom is 0.165 e. The normalized spacial score (nSPS) is 17.6. The first kappa shape index (κ1) is 13.3. The van der Waals surface area contributed by atoms with Crippen molar-refractivity contribution in [3.8, 4) is 5.75 Å². The van der Waals surface area contributed by atoms with Gasteiger partial charge in [-0.25, -0.2) is 4.39 Å². The molecule has 1 aliphatic rings. The molecule has 18 heavy (non-hydrogen) atoms. The van der Waals surface area contributed by atoms with Crippen molar-refractivity contribution in [1.82, 2.24) is 5.32 Å². The smallest absolute Gasteiger partial charge is 0.165 e. The van der Waals surface area contributed by atoms with Gasteiger partial charge >= 0.3 is 0 Å². The molecule has 0 amide bonds. The summed E-state index contributed by atoms with van der Waals surface area (Å²) in [5, 5.41) is 3.35. The van der Waals surface area contributed by atoms with Crippen LogP contribution in [0.15, 0.2) is 18.2 Å². The van der Waals surface area contributed by atoms with E-state index >= 15 is 0 Å². The standard InChI is InChI=1S/C15H22FNO/c1-11(2)7-15(9-17-10-15)8-12-4-5-14(18-3)13(16)6-12/h4-6,11,17H,7-10H2,1-3H3. The van der Waals surface area contributed by atoms with Crippen LogP contribution in [0, 0.1) is 17.2 Å². The van der Waals surface area contributed by atoms with Crippen LogP contribution in [-0.2, 0) is 6.42 Å². The van der Waals surface area contributed by atoms with Crippen molar-refractivity contribution in [3.05, 3.63) is 29.6 Å². The van der Waals surface area contributed by atoms with E-state index < -0.39 is 0 Å². The highest BCUT2D eigenvalue weighted by molar-refractivity contribution is 5.30. The van der Waals surface area contributed by atoms with Gasteiger partial charge < -0.3 is 10.1 Å². The number of nitrogens with one attached hydrogen (secondary N) is 1. The number of rotatable bonds is 5. The SMILES string of the molecule is COc1ccc(CC2(CC(C)C)CNC2)cc1F. The van der Waals surface area contributed by atoms with Crippen LogP contribution in [-0.4, -0.2) is 20.2 Å². The van der Waals surface area contributed by atoms with Crippen molar-refractivity contribution in [3.63, 3.8) is 0 Å². The molecule has 0 unspecified atom stereocenters. The van der Waals surface area contributed by atoms with Gasteiger partial charge in [0.25, 0.3) is 0 Å². The van der Waals surface area contributed by atoms with Gasteiger partial charge in [0, 0.05) is 13.1 Å². The second-order valence-corrected chi connectivity index (χ2v) is 5.85. The third-order valence-corrected chi connectivity index (χ3v) is 3.64. The minimum atomic E-state index is -0.262. The lowest BCUT2D eigenvalue weighted by atomic mass is 9.71. The Kier molecular flexibility index (Phi) is 3.91. The summed E-state index contributed by atoms with van der Waals surface area (Å²) in [6.07, 6.45) is 2.13. The molecule has 1 aromatic carbocycles. The fourth-order valence-electron chi connectivity index (χ4n) is 2.94. The summed E-state index contributed by atoms with van der Waals surface area (Å²) in [7, 11) is 1.49. The molecule has 2 nitrogen and oxygen atoms in total. The molecule has 0 bridgehead atoms. The van der Waals surface area contributed by atoms with Crippen LogP contribution in [0.5, 0.6) is 5.75 Å². The molecule has 0 radical (unpaired) electrons. The Morgan fingerprint density at radius 1 is 1.39 bits per heavy atom. The van der Waals surface area contributed by atoms with Gasteiger partial charge in [-0.05, 0) is 41.9 Å². The molecule has 1 N–H and O–H groups in total. The second kappa shape index (κ2) is 5.27. The minimum Gasteiger partial charge on any atom is -0.494 e. The summed E-state index contributed by atoms with van der Waals surface area (Å²) in [6.45, 7) is 6.57. The average Bonchev–Trinajstić information content (AvgIpc) is 2.25. The lowest BCUT2D eigenvalue weighted by Crippen LogP contribution is -2.55. The first-order chi connectivity index (χ1) is 8.54.